The van der Waals surface area contributed by atoms with Gasteiger partial charge in [-0.1, -0.05) is 26.0 Å². The van der Waals surface area contributed by atoms with E-state index in [2.05, 4.69) is 0 Å². The molecule has 3 rings (SSSR count). The van der Waals surface area contributed by atoms with Crippen LogP contribution in [0.15, 0.2) is 53.4 Å². The number of primary sulfonamides is 1. The van der Waals surface area contributed by atoms with Crippen LogP contribution in [0.25, 0.3) is 0 Å². The van der Waals surface area contributed by atoms with Crippen LogP contribution in [0.1, 0.15) is 38.7 Å². The van der Waals surface area contributed by atoms with Crippen molar-refractivity contribution in [2.24, 2.45) is 5.14 Å². The minimum atomic E-state index is -3.84. The molecule has 176 valence electrons. The zero-order chi connectivity index (χ0) is 24.2. The van der Waals surface area contributed by atoms with E-state index in [4.69, 9.17) is 9.88 Å². The average Bonchev–Trinajstić information content (AvgIpc) is 3.09. The van der Waals surface area contributed by atoms with E-state index in [9.17, 15) is 22.8 Å². The summed E-state index contributed by atoms with van der Waals surface area (Å²) in [6.45, 7) is 4.29. The molecular formula is C23H27N3O6S. The first-order valence-corrected chi connectivity index (χ1v) is 12.2. The van der Waals surface area contributed by atoms with Crippen molar-refractivity contribution in [3.8, 4) is 5.75 Å². The molecule has 1 fully saturated rings. The van der Waals surface area contributed by atoms with Crippen molar-refractivity contribution in [2.75, 3.05) is 11.5 Å². The highest BCUT2D eigenvalue weighted by molar-refractivity contribution is 7.89. The molecule has 9 nitrogen and oxygen atoms in total. The van der Waals surface area contributed by atoms with E-state index < -0.39 is 27.9 Å². The van der Waals surface area contributed by atoms with Crippen LogP contribution in [0, 0.1) is 0 Å². The second kappa shape index (κ2) is 10.1. The molecule has 1 aliphatic rings. The zero-order valence-corrected chi connectivity index (χ0v) is 19.4. The molecule has 0 radical (unpaired) electrons. The summed E-state index contributed by atoms with van der Waals surface area (Å²) in [6, 6.07) is 11.5. The van der Waals surface area contributed by atoms with Gasteiger partial charge in [-0.05, 0) is 48.4 Å². The number of carbonyl (C=O) groups excluding carboxylic acids is 3. The Morgan fingerprint density at radius 2 is 1.73 bits per heavy atom. The van der Waals surface area contributed by atoms with Crippen molar-refractivity contribution < 1.29 is 27.5 Å². The van der Waals surface area contributed by atoms with Crippen LogP contribution in [0.3, 0.4) is 0 Å². The SMILES string of the molecule is CCCOc1ccc(N2C(=O)C[C@H](N(Cc3ccc(S(N)(=O)=O)cc3)C(=O)CC)C2=O)cc1. The van der Waals surface area contributed by atoms with Gasteiger partial charge in [0.15, 0.2) is 0 Å². The molecule has 2 aromatic carbocycles. The predicted molar refractivity (Wildman–Crippen MR) is 122 cm³/mol. The van der Waals surface area contributed by atoms with Gasteiger partial charge in [-0.2, -0.15) is 0 Å². The van der Waals surface area contributed by atoms with Gasteiger partial charge in [0, 0.05) is 13.0 Å². The van der Waals surface area contributed by atoms with E-state index >= 15 is 0 Å². The number of carbonyl (C=O) groups is 3. The number of rotatable bonds is 9. The van der Waals surface area contributed by atoms with Crippen LogP contribution < -0.4 is 14.8 Å². The van der Waals surface area contributed by atoms with Gasteiger partial charge in [0.05, 0.1) is 23.6 Å². The Morgan fingerprint density at radius 3 is 2.27 bits per heavy atom. The fraction of sp³-hybridized carbons (Fsp3) is 0.348. The topological polar surface area (TPSA) is 127 Å². The summed E-state index contributed by atoms with van der Waals surface area (Å²) in [5.41, 5.74) is 1.03. The lowest BCUT2D eigenvalue weighted by atomic mass is 10.1. The molecule has 0 unspecified atom stereocenters. The lowest BCUT2D eigenvalue weighted by molar-refractivity contribution is -0.138. The number of nitrogens with zero attached hydrogens (tertiary/aromatic N) is 2. The molecule has 0 aromatic heterocycles. The van der Waals surface area contributed by atoms with Crippen molar-refractivity contribution >= 4 is 33.4 Å². The van der Waals surface area contributed by atoms with E-state index in [1.54, 1.807) is 31.2 Å². The molecule has 0 bridgehead atoms. The summed E-state index contributed by atoms with van der Waals surface area (Å²) in [5.74, 6) is -0.528. The Morgan fingerprint density at radius 1 is 1.09 bits per heavy atom. The summed E-state index contributed by atoms with van der Waals surface area (Å²) in [4.78, 5) is 41.0. The molecule has 10 heteroatoms. The zero-order valence-electron chi connectivity index (χ0n) is 18.6. The molecule has 0 spiro atoms. The summed E-state index contributed by atoms with van der Waals surface area (Å²) in [5, 5.41) is 5.13. The predicted octanol–water partition coefficient (Wildman–Crippen LogP) is 2.19. The second-order valence-corrected chi connectivity index (χ2v) is 9.26. The first kappa shape index (κ1) is 24.4. The van der Waals surface area contributed by atoms with Crippen molar-refractivity contribution in [1.82, 2.24) is 4.90 Å². The summed E-state index contributed by atoms with van der Waals surface area (Å²) in [7, 11) is -3.84. The fourth-order valence-electron chi connectivity index (χ4n) is 3.60. The molecule has 1 saturated heterocycles. The minimum Gasteiger partial charge on any atom is -0.494 e. The standard InChI is InChI=1S/C23H27N3O6S/c1-3-13-32-18-9-7-17(8-10-18)26-22(28)14-20(23(26)29)25(21(27)4-2)15-16-5-11-19(12-6-16)33(24,30)31/h5-12,20H,3-4,13-15H2,1-2H3,(H2,24,30,31)/t20-/m0/s1. The second-order valence-electron chi connectivity index (χ2n) is 7.69. The molecule has 1 atom stereocenters. The van der Waals surface area contributed by atoms with E-state index in [1.807, 2.05) is 6.92 Å². The molecule has 1 heterocycles. The monoisotopic (exact) mass is 473 g/mol. The molecule has 0 saturated carbocycles. The highest BCUT2D eigenvalue weighted by Gasteiger charge is 2.44. The Balaban J connectivity index is 1.82. The minimum absolute atomic E-state index is 0.0516. The quantitative estimate of drug-likeness (QED) is 0.556. The van der Waals surface area contributed by atoms with Gasteiger partial charge in [0.1, 0.15) is 11.8 Å². The molecule has 1 aliphatic heterocycles. The number of sulfonamides is 1. The number of ether oxygens (including phenoxy) is 1. The van der Waals surface area contributed by atoms with Crippen molar-refractivity contribution in [3.05, 3.63) is 54.1 Å². The molecule has 0 aliphatic carbocycles. The summed E-state index contributed by atoms with van der Waals surface area (Å²) >= 11 is 0. The van der Waals surface area contributed by atoms with Gasteiger partial charge in [-0.15, -0.1) is 0 Å². The maximum Gasteiger partial charge on any atom is 0.257 e. The molecular weight excluding hydrogens is 446 g/mol. The normalized spacial score (nSPS) is 16.2. The fourth-order valence-corrected chi connectivity index (χ4v) is 4.11. The summed E-state index contributed by atoms with van der Waals surface area (Å²) < 4.78 is 28.5. The highest BCUT2D eigenvalue weighted by atomic mass is 32.2. The van der Waals surface area contributed by atoms with Gasteiger partial charge in [0.2, 0.25) is 21.8 Å². The Labute approximate surface area is 193 Å². The van der Waals surface area contributed by atoms with Crippen molar-refractivity contribution in [3.63, 3.8) is 0 Å². The number of amides is 3. The number of hydrogen-bond donors (Lipinski definition) is 1. The first-order chi connectivity index (χ1) is 15.7. The first-order valence-electron chi connectivity index (χ1n) is 10.7. The Bertz CT molecular complexity index is 1130. The number of imide groups is 1. The van der Waals surface area contributed by atoms with Gasteiger partial charge in [0.25, 0.3) is 5.91 Å². The third-order valence-electron chi connectivity index (χ3n) is 5.29. The van der Waals surface area contributed by atoms with Crippen LogP contribution in [0.5, 0.6) is 5.75 Å². The summed E-state index contributed by atoms with van der Waals surface area (Å²) in [6.07, 6.45) is 0.878. The van der Waals surface area contributed by atoms with Crippen molar-refractivity contribution in [2.45, 2.75) is 50.6 Å². The van der Waals surface area contributed by atoms with E-state index in [1.165, 1.54) is 29.2 Å². The van der Waals surface area contributed by atoms with Gasteiger partial charge < -0.3 is 9.64 Å². The van der Waals surface area contributed by atoms with Crippen LogP contribution in [-0.2, 0) is 31.0 Å². The van der Waals surface area contributed by atoms with Gasteiger partial charge in [-0.3, -0.25) is 14.4 Å². The average molecular weight is 474 g/mol. The lowest BCUT2D eigenvalue weighted by Crippen LogP contribution is -2.44. The smallest absolute Gasteiger partial charge is 0.257 e. The maximum atomic E-state index is 13.2. The molecule has 2 N–H and O–H groups in total. The largest absolute Gasteiger partial charge is 0.494 e. The third-order valence-corrected chi connectivity index (χ3v) is 6.22. The van der Waals surface area contributed by atoms with E-state index in [0.717, 1.165) is 11.3 Å². The molecule has 2 aromatic rings. The third kappa shape index (κ3) is 5.58. The van der Waals surface area contributed by atoms with Crippen LogP contribution in [0.4, 0.5) is 5.69 Å². The van der Waals surface area contributed by atoms with Crippen LogP contribution >= 0.6 is 0 Å². The van der Waals surface area contributed by atoms with Crippen LogP contribution in [-0.4, -0.2) is 43.7 Å². The van der Waals surface area contributed by atoms with Gasteiger partial charge >= 0.3 is 0 Å². The molecule has 3 amide bonds. The number of anilines is 1. The lowest BCUT2D eigenvalue weighted by Gasteiger charge is -2.27. The Hall–Kier alpha value is -3.24. The van der Waals surface area contributed by atoms with E-state index in [-0.39, 0.29) is 30.2 Å². The number of benzene rings is 2. The van der Waals surface area contributed by atoms with Gasteiger partial charge in [-0.25, -0.2) is 18.5 Å². The Kier molecular flexibility index (Phi) is 7.50. The maximum absolute atomic E-state index is 13.2. The van der Waals surface area contributed by atoms with Crippen LogP contribution in [0.2, 0.25) is 0 Å². The number of hydrogen-bond acceptors (Lipinski definition) is 6. The van der Waals surface area contributed by atoms with E-state index in [0.29, 0.717) is 23.6 Å². The van der Waals surface area contributed by atoms with Crippen molar-refractivity contribution in [1.29, 1.82) is 0 Å². The molecule has 33 heavy (non-hydrogen) atoms. The number of nitrogens with two attached hydrogens (primary N) is 1. The highest BCUT2D eigenvalue weighted by Crippen LogP contribution is 2.28.